The summed E-state index contributed by atoms with van der Waals surface area (Å²) in [6.45, 7) is 8.19. The minimum absolute atomic E-state index is 0.129. The Morgan fingerprint density at radius 3 is 2.40 bits per heavy atom. The zero-order valence-corrected chi connectivity index (χ0v) is 10.6. The fraction of sp³-hybridized carbons (Fsp3) is 0.727. The maximum absolute atomic E-state index is 12.1. The van der Waals surface area contributed by atoms with E-state index >= 15 is 0 Å². The van der Waals surface area contributed by atoms with E-state index in [0.29, 0.717) is 0 Å². The Hall–Kier alpha value is -0.770. The molecule has 0 aliphatic rings. The van der Waals surface area contributed by atoms with Crippen molar-refractivity contribution in [3.8, 4) is 0 Å². The average Bonchev–Trinajstić information content (AvgIpc) is 2.67. The summed E-state index contributed by atoms with van der Waals surface area (Å²) in [5, 5.41) is 4.04. The van der Waals surface area contributed by atoms with Crippen molar-refractivity contribution in [1.82, 2.24) is 9.59 Å². The van der Waals surface area contributed by atoms with Crippen LogP contribution in [0.3, 0.4) is 0 Å². The summed E-state index contributed by atoms with van der Waals surface area (Å²) in [7, 11) is 0. The summed E-state index contributed by atoms with van der Waals surface area (Å²) in [5.74, 6) is 0.625. The molecule has 84 valence electrons. The third-order valence-electron chi connectivity index (χ3n) is 2.64. The minimum atomic E-state index is 0.129. The molecule has 1 aromatic rings. The molecule has 3 nitrogen and oxygen atoms in total. The molecule has 0 bridgehead atoms. The van der Waals surface area contributed by atoms with Crippen LogP contribution in [0, 0.1) is 5.92 Å². The number of aromatic nitrogens is 2. The van der Waals surface area contributed by atoms with E-state index in [-0.39, 0.29) is 17.6 Å². The third kappa shape index (κ3) is 2.62. The van der Waals surface area contributed by atoms with Gasteiger partial charge in [0.15, 0.2) is 5.78 Å². The number of carbonyl (C=O) groups is 1. The highest BCUT2D eigenvalue weighted by Gasteiger charge is 2.23. The number of hydrogen-bond acceptors (Lipinski definition) is 4. The summed E-state index contributed by atoms with van der Waals surface area (Å²) < 4.78 is 3.89. The van der Waals surface area contributed by atoms with Crippen molar-refractivity contribution in [2.24, 2.45) is 5.92 Å². The van der Waals surface area contributed by atoms with Gasteiger partial charge in [-0.05, 0) is 30.3 Å². The number of ketones is 1. The molecule has 1 heterocycles. The second-order valence-electron chi connectivity index (χ2n) is 4.02. The van der Waals surface area contributed by atoms with Crippen LogP contribution in [0.15, 0.2) is 0 Å². The normalized spacial score (nSPS) is 11.3. The average molecular weight is 226 g/mol. The Balaban J connectivity index is 2.95. The molecule has 0 amide bonds. The highest BCUT2D eigenvalue weighted by Crippen LogP contribution is 2.24. The Kier molecular flexibility index (Phi) is 4.39. The number of nitrogens with zero attached hydrogens (tertiary/aromatic N) is 2. The molecule has 4 heteroatoms. The van der Waals surface area contributed by atoms with Gasteiger partial charge < -0.3 is 0 Å². The molecular formula is C11H18N2OS. The summed E-state index contributed by atoms with van der Waals surface area (Å²) in [6, 6.07) is 0. The van der Waals surface area contributed by atoms with Crippen LogP contribution in [0.4, 0.5) is 0 Å². The summed E-state index contributed by atoms with van der Waals surface area (Å²) in [5.41, 5.74) is 0.858. The Morgan fingerprint density at radius 1 is 1.33 bits per heavy atom. The van der Waals surface area contributed by atoms with Gasteiger partial charge in [0.1, 0.15) is 4.88 Å². The molecule has 0 atom stereocenters. The predicted octanol–water partition coefficient (Wildman–Crippen LogP) is 3.28. The van der Waals surface area contributed by atoms with E-state index in [9.17, 15) is 4.79 Å². The fourth-order valence-electron chi connectivity index (χ4n) is 1.59. The summed E-state index contributed by atoms with van der Waals surface area (Å²) in [4.78, 5) is 12.9. The maximum atomic E-state index is 12.1. The molecule has 0 radical (unpaired) electrons. The van der Waals surface area contributed by atoms with E-state index in [1.165, 1.54) is 11.5 Å². The number of carbonyl (C=O) groups excluding carboxylic acids is 1. The molecule has 0 fully saturated rings. The quantitative estimate of drug-likeness (QED) is 0.724. The van der Waals surface area contributed by atoms with Crippen LogP contribution in [0.1, 0.15) is 61.8 Å². The highest BCUT2D eigenvalue weighted by atomic mass is 32.1. The maximum Gasteiger partial charge on any atom is 0.179 e. The first-order valence-corrected chi connectivity index (χ1v) is 6.25. The highest BCUT2D eigenvalue weighted by molar-refractivity contribution is 7.08. The molecule has 1 rings (SSSR count). The van der Waals surface area contributed by atoms with Gasteiger partial charge >= 0.3 is 0 Å². The molecule has 0 unspecified atom stereocenters. The molecule has 15 heavy (non-hydrogen) atoms. The van der Waals surface area contributed by atoms with Crippen molar-refractivity contribution in [2.75, 3.05) is 0 Å². The van der Waals surface area contributed by atoms with E-state index in [4.69, 9.17) is 0 Å². The molecular weight excluding hydrogens is 208 g/mol. The topological polar surface area (TPSA) is 42.9 Å². The Bertz CT molecular complexity index is 329. The van der Waals surface area contributed by atoms with Crippen molar-refractivity contribution in [3.63, 3.8) is 0 Å². The van der Waals surface area contributed by atoms with Crippen molar-refractivity contribution >= 4 is 17.3 Å². The Labute approximate surface area is 95.1 Å². The van der Waals surface area contributed by atoms with Gasteiger partial charge in [0.2, 0.25) is 0 Å². The molecule has 0 aliphatic carbocycles. The predicted molar refractivity (Wildman–Crippen MR) is 62.4 cm³/mol. The monoisotopic (exact) mass is 226 g/mol. The summed E-state index contributed by atoms with van der Waals surface area (Å²) >= 11 is 1.23. The van der Waals surface area contributed by atoms with Crippen LogP contribution in [-0.4, -0.2) is 15.4 Å². The molecule has 0 saturated heterocycles. The largest absolute Gasteiger partial charge is 0.293 e. The van der Waals surface area contributed by atoms with E-state index in [2.05, 4.69) is 23.4 Å². The molecule has 0 spiro atoms. The number of hydrogen-bond donors (Lipinski definition) is 0. The molecule has 0 saturated carbocycles. The number of rotatable bonds is 5. The Morgan fingerprint density at radius 2 is 1.93 bits per heavy atom. The van der Waals surface area contributed by atoms with E-state index in [1.54, 1.807) is 0 Å². The van der Waals surface area contributed by atoms with Gasteiger partial charge in [-0.2, -0.15) is 0 Å². The third-order valence-corrected chi connectivity index (χ3v) is 3.40. The van der Waals surface area contributed by atoms with Crippen LogP contribution in [0.2, 0.25) is 0 Å². The first-order chi connectivity index (χ1) is 7.11. The van der Waals surface area contributed by atoms with Gasteiger partial charge in [-0.25, -0.2) is 0 Å². The lowest BCUT2D eigenvalue weighted by Crippen LogP contribution is -2.13. The second-order valence-corrected chi connectivity index (χ2v) is 4.77. The zero-order chi connectivity index (χ0) is 11.4. The molecule has 1 aromatic heterocycles. The molecule has 0 aromatic carbocycles. The van der Waals surface area contributed by atoms with Crippen LogP contribution < -0.4 is 0 Å². The van der Waals surface area contributed by atoms with Crippen molar-refractivity contribution in [1.29, 1.82) is 0 Å². The van der Waals surface area contributed by atoms with Gasteiger partial charge in [0.25, 0.3) is 0 Å². The lowest BCUT2D eigenvalue weighted by molar-refractivity contribution is 0.0916. The lowest BCUT2D eigenvalue weighted by atomic mass is 9.95. The van der Waals surface area contributed by atoms with Crippen LogP contribution >= 0.6 is 11.5 Å². The van der Waals surface area contributed by atoms with Gasteiger partial charge in [0.05, 0.1) is 5.69 Å². The van der Waals surface area contributed by atoms with Crippen molar-refractivity contribution in [2.45, 2.75) is 46.5 Å². The number of Topliss-reactive ketones (excluding diaryl/α,β-unsaturated/α-hetero) is 1. The van der Waals surface area contributed by atoms with E-state index in [0.717, 1.165) is 23.4 Å². The van der Waals surface area contributed by atoms with Crippen LogP contribution in [-0.2, 0) is 0 Å². The van der Waals surface area contributed by atoms with Gasteiger partial charge in [-0.1, -0.05) is 32.2 Å². The lowest BCUT2D eigenvalue weighted by Gasteiger charge is -2.10. The standard InChI is InChI=1S/C11H18N2OS/c1-5-8(6-2)10(14)11-9(7(3)4)12-13-15-11/h7-8H,5-6H2,1-4H3. The molecule has 0 N–H and O–H groups in total. The van der Waals surface area contributed by atoms with Gasteiger partial charge in [-0.3, -0.25) is 4.79 Å². The summed E-state index contributed by atoms with van der Waals surface area (Å²) in [6.07, 6.45) is 1.79. The van der Waals surface area contributed by atoms with Crippen molar-refractivity contribution in [3.05, 3.63) is 10.6 Å². The van der Waals surface area contributed by atoms with Gasteiger partial charge in [0, 0.05) is 5.92 Å². The first-order valence-electron chi connectivity index (χ1n) is 5.48. The van der Waals surface area contributed by atoms with Crippen LogP contribution in [0.25, 0.3) is 0 Å². The first kappa shape index (κ1) is 12.3. The smallest absolute Gasteiger partial charge is 0.179 e. The van der Waals surface area contributed by atoms with Gasteiger partial charge in [-0.15, -0.1) is 5.10 Å². The fourth-order valence-corrected chi connectivity index (χ4v) is 2.43. The second kappa shape index (κ2) is 5.35. The SMILES string of the molecule is CCC(CC)C(=O)c1snnc1C(C)C. The zero-order valence-electron chi connectivity index (χ0n) is 9.78. The molecule has 0 aliphatic heterocycles. The van der Waals surface area contributed by atoms with Crippen molar-refractivity contribution < 1.29 is 4.79 Å². The van der Waals surface area contributed by atoms with E-state index < -0.39 is 0 Å². The van der Waals surface area contributed by atoms with Crippen LogP contribution in [0.5, 0.6) is 0 Å². The minimum Gasteiger partial charge on any atom is -0.293 e. The van der Waals surface area contributed by atoms with E-state index in [1.807, 2.05) is 13.8 Å².